The van der Waals surface area contributed by atoms with Crippen molar-refractivity contribution in [1.82, 2.24) is 30.8 Å². The van der Waals surface area contributed by atoms with Gasteiger partial charge >= 0.3 is 6.03 Å². The summed E-state index contributed by atoms with van der Waals surface area (Å²) in [5, 5.41) is 15.5. The zero-order valence-corrected chi connectivity index (χ0v) is 22.6. The zero-order chi connectivity index (χ0) is 26.6. The van der Waals surface area contributed by atoms with E-state index in [1.54, 1.807) is 0 Å². The predicted molar refractivity (Wildman–Crippen MR) is 153 cm³/mol. The molecule has 9 heteroatoms. The van der Waals surface area contributed by atoms with Gasteiger partial charge in [-0.1, -0.05) is 78.7 Å². The van der Waals surface area contributed by atoms with Crippen molar-refractivity contribution >= 4 is 40.1 Å². The van der Waals surface area contributed by atoms with E-state index in [2.05, 4.69) is 32.7 Å². The van der Waals surface area contributed by atoms with Crippen LogP contribution in [0.1, 0.15) is 41.2 Å². The fraction of sp³-hybridized carbons (Fsp3) is 0.207. The minimum absolute atomic E-state index is 0.309. The Balaban J connectivity index is 1.39. The fourth-order valence-electron chi connectivity index (χ4n) is 4.58. The molecule has 2 amide bonds. The molecule has 3 aromatic carbocycles. The van der Waals surface area contributed by atoms with E-state index in [0.29, 0.717) is 34.7 Å². The number of urea groups is 1. The standard InChI is InChI=1S/C29H28Cl2N6O/c1-3-19-9-11-22(30)14-21(19)16-32-29(38)33-25(13-18-7-5-4-6-8-18)28-34-26(27(31)35-28)20-10-12-23-17(2)36-37-24(23)15-20/h4-12,14-15,25H,3,13,16H2,1-2H3,(H,34,35)(H,36,37)(H2,32,33,38)/t25-/m0/s1. The average molecular weight is 547 g/mol. The number of aryl methyl sites for hydroxylation is 2. The van der Waals surface area contributed by atoms with Gasteiger partial charge in [0.05, 0.1) is 17.3 Å². The van der Waals surface area contributed by atoms with Gasteiger partial charge in [-0.25, -0.2) is 9.78 Å². The smallest absolute Gasteiger partial charge is 0.315 e. The molecule has 0 bridgehead atoms. The third kappa shape index (κ3) is 5.69. The van der Waals surface area contributed by atoms with E-state index in [1.165, 1.54) is 0 Å². The predicted octanol–water partition coefficient (Wildman–Crippen LogP) is 6.91. The lowest BCUT2D eigenvalue weighted by Crippen LogP contribution is -2.39. The van der Waals surface area contributed by atoms with Gasteiger partial charge in [-0.2, -0.15) is 5.10 Å². The second-order valence-electron chi connectivity index (χ2n) is 9.19. The Morgan fingerprint density at radius 1 is 1.03 bits per heavy atom. The van der Waals surface area contributed by atoms with Gasteiger partial charge in [-0.15, -0.1) is 0 Å². The Kier molecular flexibility index (Phi) is 7.67. The highest BCUT2D eigenvalue weighted by atomic mass is 35.5. The molecule has 4 N–H and O–H groups in total. The summed E-state index contributed by atoms with van der Waals surface area (Å²) in [6.07, 6.45) is 1.39. The van der Waals surface area contributed by atoms with Gasteiger partial charge in [0, 0.05) is 22.5 Å². The molecule has 194 valence electrons. The minimum Gasteiger partial charge on any atom is -0.334 e. The number of amides is 2. The number of fused-ring (bicyclic) bond motifs is 1. The van der Waals surface area contributed by atoms with Crippen LogP contribution in [0.3, 0.4) is 0 Å². The summed E-state index contributed by atoms with van der Waals surface area (Å²) in [5.74, 6) is 0.571. The highest BCUT2D eigenvalue weighted by molar-refractivity contribution is 6.32. The number of hydrogen-bond acceptors (Lipinski definition) is 3. The van der Waals surface area contributed by atoms with Gasteiger partial charge in [0.2, 0.25) is 0 Å². The second kappa shape index (κ2) is 11.3. The summed E-state index contributed by atoms with van der Waals surface area (Å²) in [7, 11) is 0. The first-order valence-electron chi connectivity index (χ1n) is 12.5. The van der Waals surface area contributed by atoms with Gasteiger partial charge < -0.3 is 15.6 Å². The maximum atomic E-state index is 13.0. The molecule has 0 saturated carbocycles. The van der Waals surface area contributed by atoms with Gasteiger partial charge in [0.1, 0.15) is 16.7 Å². The summed E-state index contributed by atoms with van der Waals surface area (Å²) in [6.45, 7) is 4.39. The monoisotopic (exact) mass is 546 g/mol. The summed E-state index contributed by atoms with van der Waals surface area (Å²) < 4.78 is 0. The second-order valence-corrected chi connectivity index (χ2v) is 10.0. The first-order valence-corrected chi connectivity index (χ1v) is 13.2. The van der Waals surface area contributed by atoms with Crippen LogP contribution in [0.4, 0.5) is 4.79 Å². The van der Waals surface area contributed by atoms with E-state index < -0.39 is 6.04 Å². The first kappa shape index (κ1) is 25.8. The molecular weight excluding hydrogens is 519 g/mol. The quantitative estimate of drug-likeness (QED) is 0.170. The first-order chi connectivity index (χ1) is 18.4. The zero-order valence-electron chi connectivity index (χ0n) is 21.1. The molecule has 2 heterocycles. The molecule has 0 saturated heterocycles. The Hall–Kier alpha value is -3.81. The number of carbonyl (C=O) groups is 1. The van der Waals surface area contributed by atoms with Gasteiger partial charge in [0.25, 0.3) is 0 Å². The molecule has 0 aliphatic rings. The molecule has 2 aromatic heterocycles. The van der Waals surface area contributed by atoms with Crippen molar-refractivity contribution in [3.05, 3.63) is 105 Å². The van der Waals surface area contributed by atoms with Crippen LogP contribution in [0.5, 0.6) is 0 Å². The molecule has 0 spiro atoms. The number of halogens is 2. The minimum atomic E-state index is -0.438. The average Bonchev–Trinajstić information content (AvgIpc) is 3.49. The third-order valence-electron chi connectivity index (χ3n) is 6.61. The third-order valence-corrected chi connectivity index (χ3v) is 7.12. The van der Waals surface area contributed by atoms with Crippen LogP contribution in [0, 0.1) is 6.92 Å². The molecular formula is C29H28Cl2N6O. The van der Waals surface area contributed by atoms with Gasteiger partial charge in [-0.05, 0) is 54.7 Å². The maximum Gasteiger partial charge on any atom is 0.315 e. The van der Waals surface area contributed by atoms with Crippen LogP contribution in [-0.4, -0.2) is 26.2 Å². The van der Waals surface area contributed by atoms with Crippen LogP contribution < -0.4 is 10.6 Å². The normalized spacial score (nSPS) is 12.0. The Bertz CT molecular complexity index is 1580. The number of aromatic nitrogens is 4. The fourth-order valence-corrected chi connectivity index (χ4v) is 5.03. The van der Waals surface area contributed by atoms with Crippen molar-refractivity contribution in [3.8, 4) is 11.3 Å². The van der Waals surface area contributed by atoms with Crippen molar-refractivity contribution < 1.29 is 4.79 Å². The molecule has 38 heavy (non-hydrogen) atoms. The molecule has 0 aliphatic heterocycles. The summed E-state index contributed by atoms with van der Waals surface area (Å²) in [4.78, 5) is 21.1. The lowest BCUT2D eigenvalue weighted by molar-refractivity contribution is 0.236. The Morgan fingerprint density at radius 3 is 2.63 bits per heavy atom. The van der Waals surface area contributed by atoms with E-state index in [4.69, 9.17) is 28.2 Å². The maximum absolute atomic E-state index is 13.0. The van der Waals surface area contributed by atoms with Crippen LogP contribution in [0.2, 0.25) is 10.2 Å². The van der Waals surface area contributed by atoms with E-state index in [0.717, 1.165) is 45.3 Å². The van der Waals surface area contributed by atoms with Crippen LogP contribution in [-0.2, 0) is 19.4 Å². The molecule has 5 aromatic rings. The van der Waals surface area contributed by atoms with Crippen molar-refractivity contribution in [2.45, 2.75) is 39.3 Å². The number of carbonyl (C=O) groups excluding carboxylic acids is 1. The summed E-state index contributed by atoms with van der Waals surface area (Å²) in [6, 6.07) is 20.9. The molecule has 0 fully saturated rings. The lowest BCUT2D eigenvalue weighted by atomic mass is 10.1. The van der Waals surface area contributed by atoms with Crippen LogP contribution in [0.25, 0.3) is 22.2 Å². The van der Waals surface area contributed by atoms with Crippen molar-refractivity contribution in [2.24, 2.45) is 0 Å². The number of nitrogens with zero attached hydrogens (tertiary/aromatic N) is 2. The van der Waals surface area contributed by atoms with E-state index in [1.807, 2.05) is 73.7 Å². The molecule has 0 unspecified atom stereocenters. The van der Waals surface area contributed by atoms with E-state index in [9.17, 15) is 4.79 Å². The van der Waals surface area contributed by atoms with Crippen molar-refractivity contribution in [3.63, 3.8) is 0 Å². The molecule has 1 atom stereocenters. The highest BCUT2D eigenvalue weighted by Crippen LogP contribution is 2.31. The number of imidazole rings is 1. The molecule has 7 nitrogen and oxygen atoms in total. The molecule has 5 rings (SSSR count). The number of aromatic amines is 2. The van der Waals surface area contributed by atoms with Crippen LogP contribution in [0.15, 0.2) is 66.7 Å². The number of benzene rings is 3. The van der Waals surface area contributed by atoms with Crippen molar-refractivity contribution in [2.75, 3.05) is 0 Å². The topological polar surface area (TPSA) is 98.5 Å². The number of H-pyrrole nitrogens is 2. The summed E-state index contributed by atoms with van der Waals surface area (Å²) >= 11 is 12.8. The number of rotatable bonds is 8. The Morgan fingerprint density at radius 2 is 1.84 bits per heavy atom. The van der Waals surface area contributed by atoms with Crippen molar-refractivity contribution in [1.29, 1.82) is 0 Å². The van der Waals surface area contributed by atoms with Gasteiger partial charge in [0.15, 0.2) is 0 Å². The van der Waals surface area contributed by atoms with E-state index in [-0.39, 0.29) is 6.03 Å². The van der Waals surface area contributed by atoms with E-state index >= 15 is 0 Å². The SMILES string of the molecule is CCc1ccc(Cl)cc1CNC(=O)N[C@@H](Cc1ccccc1)c1nc(-c2ccc3c(C)n[nH]c3c2)c(Cl)[nH]1. The van der Waals surface area contributed by atoms with Crippen LogP contribution >= 0.6 is 23.2 Å². The molecule has 0 radical (unpaired) electrons. The lowest BCUT2D eigenvalue weighted by Gasteiger charge is -2.18. The highest BCUT2D eigenvalue weighted by Gasteiger charge is 2.22. The largest absolute Gasteiger partial charge is 0.334 e. The summed E-state index contributed by atoms with van der Waals surface area (Å²) in [5.41, 5.74) is 6.50. The number of hydrogen-bond donors (Lipinski definition) is 4. The molecule has 0 aliphatic carbocycles. The van der Waals surface area contributed by atoms with Gasteiger partial charge in [-0.3, -0.25) is 5.10 Å². The number of nitrogens with one attached hydrogen (secondary N) is 4. The Labute approximate surface area is 231 Å².